The number of oxazole rings is 1. The van der Waals surface area contributed by atoms with E-state index in [1.165, 1.54) is 6.42 Å². The maximum Gasteiger partial charge on any atom is 0.200 e. The summed E-state index contributed by atoms with van der Waals surface area (Å²) < 4.78 is 19.6. The Morgan fingerprint density at radius 1 is 0.971 bits per heavy atom. The van der Waals surface area contributed by atoms with Crippen molar-refractivity contribution >= 4 is 33.5 Å². The molecule has 0 aliphatic carbocycles. The molecule has 3 rings (SSSR count). The fraction of sp³-hybridized carbons (Fsp3) is 0.759. The number of nitrogens with one attached hydrogen (secondary N) is 1. The van der Waals surface area contributed by atoms with Gasteiger partial charge in [-0.05, 0) is 37.8 Å². The second-order valence-electron chi connectivity index (χ2n) is 8.97. The molecule has 1 N–H and O–H groups in total. The fourth-order valence-electron chi connectivity index (χ4n) is 3.56. The van der Waals surface area contributed by atoms with Gasteiger partial charge in [-0.15, -0.1) is 0 Å². The van der Waals surface area contributed by atoms with E-state index in [9.17, 15) is 4.21 Å². The molecule has 0 saturated carbocycles. The van der Waals surface area contributed by atoms with E-state index in [0.717, 1.165) is 31.2 Å². The van der Waals surface area contributed by atoms with Crippen molar-refractivity contribution in [1.82, 2.24) is 10.3 Å². The van der Waals surface area contributed by atoms with E-state index < -0.39 is 10.8 Å². The van der Waals surface area contributed by atoms with Crippen LogP contribution in [-0.2, 0) is 16.2 Å². The summed E-state index contributed by atoms with van der Waals surface area (Å²) in [5.41, 5.74) is 1.11. The van der Waals surface area contributed by atoms with Gasteiger partial charge in [0.15, 0.2) is 5.58 Å². The largest absolute Gasteiger partial charge is 0.439 e. The lowest BCUT2D eigenvalue weighted by Crippen LogP contribution is -2.48. The normalized spacial score (nSPS) is 20.0. The van der Waals surface area contributed by atoms with Crippen LogP contribution in [0.1, 0.15) is 128 Å². The molecule has 0 amide bonds. The number of fused-ring (bicyclic) bond motifs is 1. The van der Waals surface area contributed by atoms with Crippen LogP contribution in [0.3, 0.4) is 0 Å². The molecule has 4 nitrogen and oxygen atoms in total. The number of rotatable bonds is 4. The smallest absolute Gasteiger partial charge is 0.200 e. The quantitative estimate of drug-likeness (QED) is 0.427. The van der Waals surface area contributed by atoms with E-state index in [1.54, 1.807) is 6.07 Å². The molecule has 2 aromatic rings. The SMILES string of the molecule is CC.CC.CC.CCC.CCC1CC(S(=O)c2c(Cl)ccc3nc(C(C)(C)C)oc23)CC(CC)N1. The van der Waals surface area contributed by atoms with Crippen molar-refractivity contribution in [3.8, 4) is 0 Å². The summed E-state index contributed by atoms with van der Waals surface area (Å²) >= 11 is 6.48. The first-order valence-electron chi connectivity index (χ1n) is 13.9. The Morgan fingerprint density at radius 2 is 1.43 bits per heavy atom. The number of hydrogen-bond acceptors (Lipinski definition) is 4. The van der Waals surface area contributed by atoms with Crippen molar-refractivity contribution in [2.75, 3.05) is 0 Å². The molecule has 1 fully saturated rings. The van der Waals surface area contributed by atoms with Crippen molar-refractivity contribution < 1.29 is 8.63 Å². The summed E-state index contributed by atoms with van der Waals surface area (Å²) in [6, 6.07) is 4.45. The van der Waals surface area contributed by atoms with Crippen LogP contribution in [0.4, 0.5) is 0 Å². The molecule has 1 aromatic carbocycles. The Balaban J connectivity index is 0. The first kappa shape index (κ1) is 36.2. The summed E-state index contributed by atoms with van der Waals surface area (Å²) in [7, 11) is -1.22. The van der Waals surface area contributed by atoms with Gasteiger partial charge in [0.25, 0.3) is 0 Å². The Hall–Kier alpha value is -0.910. The molecule has 0 radical (unpaired) electrons. The van der Waals surface area contributed by atoms with Gasteiger partial charge < -0.3 is 9.73 Å². The summed E-state index contributed by atoms with van der Waals surface area (Å²) in [5, 5.41) is 4.25. The Kier molecular flexibility index (Phi) is 19.9. The summed E-state index contributed by atoms with van der Waals surface area (Å²) in [6.45, 7) is 26.8. The average molecular weight is 531 g/mol. The predicted octanol–water partition coefficient (Wildman–Crippen LogP) is 9.69. The molecule has 206 valence electrons. The number of halogens is 1. The van der Waals surface area contributed by atoms with E-state index in [1.807, 2.05) is 47.6 Å². The van der Waals surface area contributed by atoms with Crippen LogP contribution in [0.25, 0.3) is 11.1 Å². The third kappa shape index (κ3) is 10.9. The lowest BCUT2D eigenvalue weighted by atomic mass is 9.95. The molecule has 3 atom stereocenters. The molecular weight excluding hydrogens is 476 g/mol. The highest BCUT2D eigenvalue weighted by molar-refractivity contribution is 7.86. The van der Waals surface area contributed by atoms with E-state index >= 15 is 0 Å². The predicted molar refractivity (Wildman–Crippen MR) is 158 cm³/mol. The van der Waals surface area contributed by atoms with E-state index in [2.05, 4.69) is 58.8 Å². The molecule has 1 saturated heterocycles. The topological polar surface area (TPSA) is 55.1 Å². The van der Waals surface area contributed by atoms with E-state index in [-0.39, 0.29) is 10.7 Å². The number of piperidine rings is 1. The van der Waals surface area contributed by atoms with Gasteiger partial charge in [0.1, 0.15) is 10.4 Å². The second kappa shape index (κ2) is 19.2. The minimum absolute atomic E-state index is 0.0810. The summed E-state index contributed by atoms with van der Waals surface area (Å²) in [4.78, 5) is 5.22. The number of benzene rings is 1. The van der Waals surface area contributed by atoms with Gasteiger partial charge in [0, 0.05) is 22.7 Å². The highest BCUT2D eigenvalue weighted by Crippen LogP contribution is 2.36. The van der Waals surface area contributed by atoms with Gasteiger partial charge in [-0.1, -0.05) is 108 Å². The summed E-state index contributed by atoms with van der Waals surface area (Å²) in [6.07, 6.45) is 5.12. The first-order chi connectivity index (χ1) is 16.7. The molecule has 35 heavy (non-hydrogen) atoms. The van der Waals surface area contributed by atoms with Gasteiger partial charge in [0.05, 0.1) is 15.8 Å². The van der Waals surface area contributed by atoms with Gasteiger partial charge >= 0.3 is 0 Å². The second-order valence-corrected chi connectivity index (χ2v) is 11.0. The fourth-order valence-corrected chi connectivity index (χ4v) is 5.68. The van der Waals surface area contributed by atoms with Crippen LogP contribution in [-0.4, -0.2) is 26.5 Å². The van der Waals surface area contributed by atoms with Crippen molar-refractivity contribution in [2.45, 2.75) is 150 Å². The van der Waals surface area contributed by atoms with E-state index in [0.29, 0.717) is 33.5 Å². The van der Waals surface area contributed by atoms with Crippen molar-refractivity contribution in [1.29, 1.82) is 0 Å². The van der Waals surface area contributed by atoms with Crippen molar-refractivity contribution in [3.63, 3.8) is 0 Å². The van der Waals surface area contributed by atoms with Gasteiger partial charge in [-0.2, -0.15) is 0 Å². The number of aromatic nitrogens is 1. The Bertz CT molecular complexity index is 818. The maximum absolute atomic E-state index is 13.5. The average Bonchev–Trinajstić information content (AvgIpc) is 3.32. The molecule has 1 aliphatic rings. The molecule has 1 aliphatic heterocycles. The van der Waals surface area contributed by atoms with Gasteiger partial charge in [-0.3, -0.25) is 4.21 Å². The van der Waals surface area contributed by atoms with Crippen LogP contribution >= 0.6 is 11.6 Å². The van der Waals surface area contributed by atoms with Crippen LogP contribution in [0.2, 0.25) is 5.02 Å². The minimum Gasteiger partial charge on any atom is -0.439 e. The molecule has 6 heteroatoms. The van der Waals surface area contributed by atoms with Crippen LogP contribution < -0.4 is 5.32 Å². The zero-order chi connectivity index (χ0) is 27.8. The number of hydrogen-bond donors (Lipinski definition) is 1. The Morgan fingerprint density at radius 3 is 1.83 bits per heavy atom. The standard InChI is InChI=1S/C20H29ClN2O2S.C3H8.3C2H6/c1-6-12-10-14(11-13(7-2)22-12)26(24)18-15(21)8-9-16-17(18)25-19(23-16)20(3,4)5;1-3-2;3*1-2/h8-9,12-14,22H,6-7,10-11H2,1-5H3;3H2,1-2H3;3*1-2H3. The Labute approximate surface area is 224 Å². The van der Waals surface area contributed by atoms with Crippen LogP contribution in [0.5, 0.6) is 0 Å². The van der Waals surface area contributed by atoms with Gasteiger partial charge in [-0.25, -0.2) is 4.98 Å². The zero-order valence-electron chi connectivity index (χ0n) is 25.0. The van der Waals surface area contributed by atoms with Crippen molar-refractivity contribution in [2.24, 2.45) is 0 Å². The lowest BCUT2D eigenvalue weighted by molar-refractivity contribution is 0.312. The minimum atomic E-state index is -1.22. The molecule has 0 spiro atoms. The molecular formula is C29H55ClN2O2S. The third-order valence-corrected chi connectivity index (χ3v) is 7.39. The highest BCUT2D eigenvalue weighted by atomic mass is 35.5. The monoisotopic (exact) mass is 530 g/mol. The van der Waals surface area contributed by atoms with Crippen molar-refractivity contribution in [3.05, 3.63) is 23.0 Å². The molecule has 1 aromatic heterocycles. The molecule has 3 unspecified atom stereocenters. The third-order valence-electron chi connectivity index (χ3n) is 5.16. The first-order valence-corrected chi connectivity index (χ1v) is 15.5. The molecule has 2 heterocycles. The molecule has 0 bridgehead atoms. The van der Waals surface area contributed by atoms with E-state index in [4.69, 9.17) is 16.0 Å². The van der Waals surface area contributed by atoms with Crippen LogP contribution in [0.15, 0.2) is 21.4 Å². The van der Waals surface area contributed by atoms with Gasteiger partial charge in [0.2, 0.25) is 5.89 Å². The number of nitrogens with zero attached hydrogens (tertiary/aromatic N) is 1. The maximum atomic E-state index is 13.5. The zero-order valence-corrected chi connectivity index (χ0v) is 26.5. The lowest BCUT2D eigenvalue weighted by Gasteiger charge is -2.35. The summed E-state index contributed by atoms with van der Waals surface area (Å²) in [5.74, 6) is 0.649. The van der Waals surface area contributed by atoms with Crippen LogP contribution in [0, 0.1) is 0 Å². The highest BCUT2D eigenvalue weighted by Gasteiger charge is 2.33.